The summed E-state index contributed by atoms with van der Waals surface area (Å²) < 4.78 is 16.2. The van der Waals surface area contributed by atoms with Crippen LogP contribution in [0, 0.1) is 0 Å². The number of carbonyl (C=O) groups excluding carboxylic acids is 1. The number of hydrogen-bond donors (Lipinski definition) is 1. The van der Waals surface area contributed by atoms with Crippen molar-refractivity contribution in [3.63, 3.8) is 0 Å². The van der Waals surface area contributed by atoms with Crippen LogP contribution in [0.4, 0.5) is 5.69 Å². The van der Waals surface area contributed by atoms with Crippen molar-refractivity contribution < 1.29 is 19.0 Å². The van der Waals surface area contributed by atoms with Crippen LogP contribution < -0.4 is 19.5 Å². The summed E-state index contributed by atoms with van der Waals surface area (Å²) in [6.45, 7) is 1.71. The summed E-state index contributed by atoms with van der Waals surface area (Å²) in [5.41, 5.74) is 2.83. The Morgan fingerprint density at radius 3 is 2.11 bits per heavy atom. The van der Waals surface area contributed by atoms with Crippen molar-refractivity contribution in [3.05, 3.63) is 72.8 Å². The summed E-state index contributed by atoms with van der Waals surface area (Å²) >= 11 is 0. The minimum absolute atomic E-state index is 0.251. The van der Waals surface area contributed by atoms with Gasteiger partial charge < -0.3 is 19.5 Å². The highest BCUT2D eigenvalue weighted by molar-refractivity contribution is 5.94. The molecule has 5 heteroatoms. The van der Waals surface area contributed by atoms with Crippen LogP contribution in [0.2, 0.25) is 0 Å². The summed E-state index contributed by atoms with van der Waals surface area (Å²) in [5.74, 6) is 1.53. The molecule has 1 amide bonds. The molecule has 5 nitrogen and oxygen atoms in total. The van der Waals surface area contributed by atoms with Gasteiger partial charge in [-0.3, -0.25) is 4.79 Å². The molecule has 0 aromatic heterocycles. The molecule has 0 heterocycles. The molecule has 1 unspecified atom stereocenters. The summed E-state index contributed by atoms with van der Waals surface area (Å²) in [6, 6.07) is 23.0. The van der Waals surface area contributed by atoms with E-state index in [2.05, 4.69) is 17.4 Å². The van der Waals surface area contributed by atoms with Crippen LogP contribution in [0.15, 0.2) is 72.8 Å². The maximum atomic E-state index is 12.5. The molecule has 0 aliphatic rings. The zero-order valence-electron chi connectivity index (χ0n) is 16.1. The molecule has 3 aromatic carbocycles. The number of benzene rings is 3. The van der Waals surface area contributed by atoms with Gasteiger partial charge in [-0.05, 0) is 42.3 Å². The second kappa shape index (κ2) is 8.95. The lowest BCUT2D eigenvalue weighted by atomic mass is 10.1. The van der Waals surface area contributed by atoms with Crippen LogP contribution in [-0.2, 0) is 4.79 Å². The molecule has 0 spiro atoms. The number of methoxy groups -OCH3 is 2. The normalized spacial score (nSPS) is 11.4. The Morgan fingerprint density at radius 2 is 1.46 bits per heavy atom. The van der Waals surface area contributed by atoms with E-state index in [1.54, 1.807) is 39.3 Å². The zero-order valence-corrected chi connectivity index (χ0v) is 16.1. The van der Waals surface area contributed by atoms with Crippen molar-refractivity contribution in [1.29, 1.82) is 0 Å². The second-order valence-corrected chi connectivity index (χ2v) is 6.21. The fourth-order valence-electron chi connectivity index (χ4n) is 2.77. The lowest BCUT2D eigenvalue weighted by molar-refractivity contribution is -0.122. The number of nitrogens with one attached hydrogen (secondary N) is 1. The van der Waals surface area contributed by atoms with Gasteiger partial charge in [0, 0.05) is 11.8 Å². The molecular weight excluding hydrogens is 354 g/mol. The number of amides is 1. The van der Waals surface area contributed by atoms with Gasteiger partial charge in [-0.1, -0.05) is 42.5 Å². The third-order valence-corrected chi connectivity index (χ3v) is 4.29. The molecule has 0 saturated carbocycles. The lowest BCUT2D eigenvalue weighted by Crippen LogP contribution is -2.30. The van der Waals surface area contributed by atoms with E-state index in [-0.39, 0.29) is 5.91 Å². The Kier molecular flexibility index (Phi) is 6.17. The molecule has 144 valence electrons. The van der Waals surface area contributed by atoms with E-state index >= 15 is 0 Å². The Hall–Kier alpha value is -3.47. The SMILES string of the molecule is COc1ccc(NC(=O)C(C)Oc2ccc(-c3ccccc3)cc2)cc1OC. The first-order chi connectivity index (χ1) is 13.6. The van der Waals surface area contributed by atoms with Gasteiger partial charge in [0.2, 0.25) is 0 Å². The third-order valence-electron chi connectivity index (χ3n) is 4.29. The van der Waals surface area contributed by atoms with E-state index in [1.807, 2.05) is 42.5 Å². The summed E-state index contributed by atoms with van der Waals surface area (Å²) in [6.07, 6.45) is -0.657. The monoisotopic (exact) mass is 377 g/mol. The van der Waals surface area contributed by atoms with Crippen LogP contribution in [0.5, 0.6) is 17.2 Å². The third kappa shape index (κ3) is 4.62. The Morgan fingerprint density at radius 1 is 0.821 bits per heavy atom. The van der Waals surface area contributed by atoms with Gasteiger partial charge in [0.1, 0.15) is 5.75 Å². The van der Waals surface area contributed by atoms with Crippen molar-refractivity contribution in [2.75, 3.05) is 19.5 Å². The van der Waals surface area contributed by atoms with E-state index < -0.39 is 6.10 Å². The smallest absolute Gasteiger partial charge is 0.265 e. The molecule has 28 heavy (non-hydrogen) atoms. The molecule has 3 aromatic rings. The van der Waals surface area contributed by atoms with E-state index in [4.69, 9.17) is 14.2 Å². The second-order valence-electron chi connectivity index (χ2n) is 6.21. The Labute approximate surface area is 164 Å². The van der Waals surface area contributed by atoms with Crippen molar-refractivity contribution in [2.24, 2.45) is 0 Å². The van der Waals surface area contributed by atoms with Crippen LogP contribution in [-0.4, -0.2) is 26.2 Å². The maximum absolute atomic E-state index is 12.5. The van der Waals surface area contributed by atoms with Gasteiger partial charge in [-0.25, -0.2) is 0 Å². The largest absolute Gasteiger partial charge is 0.493 e. The zero-order chi connectivity index (χ0) is 19.9. The predicted molar refractivity (Wildman–Crippen MR) is 110 cm³/mol. The average molecular weight is 377 g/mol. The summed E-state index contributed by atoms with van der Waals surface area (Å²) in [4.78, 5) is 12.5. The average Bonchev–Trinajstić information content (AvgIpc) is 2.74. The molecule has 0 saturated heterocycles. The van der Waals surface area contributed by atoms with Crippen molar-refractivity contribution in [1.82, 2.24) is 0 Å². The minimum Gasteiger partial charge on any atom is -0.493 e. The molecule has 0 radical (unpaired) electrons. The minimum atomic E-state index is -0.657. The van der Waals surface area contributed by atoms with Crippen LogP contribution in [0.1, 0.15) is 6.92 Å². The highest BCUT2D eigenvalue weighted by Gasteiger charge is 2.16. The van der Waals surface area contributed by atoms with E-state index in [1.165, 1.54) is 0 Å². The van der Waals surface area contributed by atoms with Gasteiger partial charge >= 0.3 is 0 Å². The molecule has 1 N–H and O–H groups in total. The van der Waals surface area contributed by atoms with Gasteiger partial charge in [-0.2, -0.15) is 0 Å². The first kappa shape index (κ1) is 19.3. The van der Waals surface area contributed by atoms with Crippen LogP contribution in [0.3, 0.4) is 0 Å². The number of hydrogen-bond acceptors (Lipinski definition) is 4. The fraction of sp³-hybridized carbons (Fsp3) is 0.174. The highest BCUT2D eigenvalue weighted by atomic mass is 16.5. The van der Waals surface area contributed by atoms with Crippen LogP contribution in [0.25, 0.3) is 11.1 Å². The molecule has 0 bridgehead atoms. The van der Waals surface area contributed by atoms with Gasteiger partial charge in [-0.15, -0.1) is 0 Å². The molecule has 3 rings (SSSR count). The number of anilines is 1. The van der Waals surface area contributed by atoms with E-state index in [9.17, 15) is 4.79 Å². The molecule has 1 atom stereocenters. The van der Waals surface area contributed by atoms with Crippen molar-refractivity contribution in [2.45, 2.75) is 13.0 Å². The van der Waals surface area contributed by atoms with E-state index in [0.29, 0.717) is 22.9 Å². The van der Waals surface area contributed by atoms with Crippen molar-refractivity contribution >= 4 is 11.6 Å². The number of rotatable bonds is 7. The molecule has 0 aliphatic carbocycles. The highest BCUT2D eigenvalue weighted by Crippen LogP contribution is 2.30. The standard InChI is InChI=1S/C23H23NO4/c1-16(23(25)24-19-11-14-21(26-2)22(15-19)27-3)28-20-12-9-18(10-13-20)17-7-5-4-6-8-17/h4-16H,1-3H3,(H,24,25). The fourth-order valence-corrected chi connectivity index (χ4v) is 2.77. The predicted octanol–water partition coefficient (Wildman–Crippen LogP) is 4.78. The number of ether oxygens (including phenoxy) is 3. The number of carbonyl (C=O) groups is 1. The first-order valence-corrected chi connectivity index (χ1v) is 8.95. The summed E-state index contributed by atoms with van der Waals surface area (Å²) in [5, 5.41) is 2.83. The Bertz CT molecular complexity index is 923. The molecular formula is C23H23NO4. The van der Waals surface area contributed by atoms with Gasteiger partial charge in [0.05, 0.1) is 14.2 Å². The quantitative estimate of drug-likeness (QED) is 0.644. The first-order valence-electron chi connectivity index (χ1n) is 8.95. The van der Waals surface area contributed by atoms with Crippen LogP contribution >= 0.6 is 0 Å². The molecule has 0 aliphatic heterocycles. The van der Waals surface area contributed by atoms with Gasteiger partial charge in [0.25, 0.3) is 5.91 Å². The van der Waals surface area contributed by atoms with Gasteiger partial charge in [0.15, 0.2) is 17.6 Å². The lowest BCUT2D eigenvalue weighted by Gasteiger charge is -2.16. The van der Waals surface area contributed by atoms with Crippen molar-refractivity contribution in [3.8, 4) is 28.4 Å². The molecule has 0 fully saturated rings. The topological polar surface area (TPSA) is 56.8 Å². The Balaban J connectivity index is 1.63. The van der Waals surface area contributed by atoms with E-state index in [0.717, 1.165) is 11.1 Å². The maximum Gasteiger partial charge on any atom is 0.265 e. The summed E-state index contributed by atoms with van der Waals surface area (Å²) in [7, 11) is 3.11.